The average Bonchev–Trinajstić information content (AvgIpc) is 3.22. The maximum atomic E-state index is 5.02. The van der Waals surface area contributed by atoms with Gasteiger partial charge in [0.1, 0.15) is 0 Å². The van der Waals surface area contributed by atoms with Gasteiger partial charge >= 0.3 is 0 Å². The molecule has 0 saturated carbocycles. The molecule has 0 aliphatic carbocycles. The van der Waals surface area contributed by atoms with E-state index in [2.05, 4.69) is 152 Å². The molecule has 0 amide bonds. The van der Waals surface area contributed by atoms with E-state index in [0.29, 0.717) is 6.04 Å². The van der Waals surface area contributed by atoms with Gasteiger partial charge in [-0.1, -0.05) is 136 Å². The third-order valence-electron chi connectivity index (χ3n) is 9.58. The lowest BCUT2D eigenvalue weighted by atomic mass is 10.0. The molecule has 53 heavy (non-hydrogen) atoms. The first-order valence-corrected chi connectivity index (χ1v) is 19.7. The van der Waals surface area contributed by atoms with Gasteiger partial charge in [0, 0.05) is 15.8 Å². The number of unbranched alkanes of at least 4 members (excludes halogenated alkanes) is 3. The Balaban J connectivity index is 1.23. The van der Waals surface area contributed by atoms with Gasteiger partial charge in [-0.15, -0.1) is 0 Å². The molecular weight excluding hydrogens is 667 g/mol. The average molecular weight is 714 g/mol. The molecule has 1 atom stereocenters. The van der Waals surface area contributed by atoms with Gasteiger partial charge in [-0.25, -0.2) is 10.0 Å². The number of nitrogens with zero attached hydrogens (tertiary/aromatic N) is 5. The van der Waals surface area contributed by atoms with Crippen LogP contribution in [0.4, 0.5) is 34.1 Å². The van der Waals surface area contributed by atoms with Gasteiger partial charge in [-0.2, -0.15) is 10.2 Å². The summed E-state index contributed by atoms with van der Waals surface area (Å²) in [6.45, 7) is 4.61. The van der Waals surface area contributed by atoms with Crippen molar-refractivity contribution in [3.63, 3.8) is 0 Å². The molecule has 0 N–H and O–H groups in total. The van der Waals surface area contributed by atoms with Crippen LogP contribution in [0.5, 0.6) is 0 Å². The molecule has 0 saturated heterocycles. The maximum Gasteiger partial charge on any atom is 0.0652 e. The Morgan fingerprint density at radius 2 is 0.943 bits per heavy atom. The van der Waals surface area contributed by atoms with Crippen LogP contribution < -0.4 is 14.9 Å². The van der Waals surface area contributed by atoms with Crippen LogP contribution in [0.1, 0.15) is 63.5 Å². The van der Waals surface area contributed by atoms with Crippen molar-refractivity contribution < 1.29 is 0 Å². The summed E-state index contributed by atoms with van der Waals surface area (Å²) in [6, 6.07) is 55.3. The number of fused-ring (bicyclic) bond motifs is 2. The van der Waals surface area contributed by atoms with E-state index in [1.807, 2.05) is 58.5 Å². The van der Waals surface area contributed by atoms with E-state index in [4.69, 9.17) is 10.2 Å². The van der Waals surface area contributed by atoms with Crippen molar-refractivity contribution in [3.05, 3.63) is 169 Å². The Kier molecular flexibility index (Phi) is 12.0. The first-order valence-electron chi connectivity index (χ1n) is 18.9. The first-order chi connectivity index (χ1) is 26.2. The van der Waals surface area contributed by atoms with Gasteiger partial charge in [-0.05, 0) is 96.8 Å². The van der Waals surface area contributed by atoms with Crippen LogP contribution in [-0.2, 0) is 0 Å². The lowest BCUT2D eigenvalue weighted by Crippen LogP contribution is -2.32. The standard InChI is InChI=1S/C47H47N5S/c1-3-5-6-11-20-39(4-2)50-44-31-29-37(35-48-51(40-21-12-7-13-22-40)41-23-14-8-15-24-41)33-46(44)53-47-34-38(30-32-45(47)50)36-49-52(42-25-16-9-17-26-42)43-27-18-10-19-28-43/h7-10,12-19,21-36,39H,3-6,11,20H2,1-2H3/b48-35+,49-36+. The largest absolute Gasteiger partial charge is 0.337 e. The zero-order valence-electron chi connectivity index (χ0n) is 30.6. The molecule has 6 aromatic rings. The fraction of sp³-hybridized carbons (Fsp3) is 0.191. The summed E-state index contributed by atoms with van der Waals surface area (Å²) in [6.07, 6.45) is 11.2. The van der Waals surface area contributed by atoms with E-state index in [0.717, 1.165) is 40.3 Å². The van der Waals surface area contributed by atoms with Gasteiger partial charge in [0.05, 0.1) is 46.6 Å². The maximum absolute atomic E-state index is 5.02. The van der Waals surface area contributed by atoms with Crippen LogP contribution in [0, 0.1) is 0 Å². The fourth-order valence-electron chi connectivity index (χ4n) is 6.84. The predicted molar refractivity (Wildman–Crippen MR) is 227 cm³/mol. The minimum absolute atomic E-state index is 0.405. The Labute approximate surface area is 319 Å². The molecule has 1 heterocycles. The van der Waals surface area contributed by atoms with Gasteiger partial charge in [0.25, 0.3) is 0 Å². The fourth-order valence-corrected chi connectivity index (χ4v) is 8.01. The predicted octanol–water partition coefficient (Wildman–Crippen LogP) is 13.4. The van der Waals surface area contributed by atoms with Crippen LogP contribution in [0.25, 0.3) is 0 Å². The molecule has 7 rings (SSSR count). The van der Waals surface area contributed by atoms with Crippen molar-refractivity contribution in [1.82, 2.24) is 0 Å². The van der Waals surface area contributed by atoms with Crippen molar-refractivity contribution in [1.29, 1.82) is 0 Å². The molecule has 1 aliphatic rings. The molecule has 0 bridgehead atoms. The molecule has 0 fully saturated rings. The molecule has 1 unspecified atom stereocenters. The minimum atomic E-state index is 0.405. The smallest absolute Gasteiger partial charge is 0.0652 e. The number of hydrazone groups is 2. The molecule has 0 radical (unpaired) electrons. The zero-order chi connectivity index (χ0) is 36.2. The van der Waals surface area contributed by atoms with E-state index >= 15 is 0 Å². The molecule has 0 aromatic heterocycles. The third-order valence-corrected chi connectivity index (χ3v) is 10.7. The van der Waals surface area contributed by atoms with Crippen molar-refractivity contribution in [2.75, 3.05) is 14.9 Å². The molecule has 6 aromatic carbocycles. The summed E-state index contributed by atoms with van der Waals surface area (Å²) in [7, 11) is 0. The summed E-state index contributed by atoms with van der Waals surface area (Å²) in [5.74, 6) is 0. The van der Waals surface area contributed by atoms with Crippen molar-refractivity contribution in [3.8, 4) is 0 Å². The van der Waals surface area contributed by atoms with Crippen molar-refractivity contribution in [2.45, 2.75) is 68.2 Å². The molecular formula is C47H47N5S. The summed E-state index contributed by atoms with van der Waals surface area (Å²) < 4.78 is 0. The van der Waals surface area contributed by atoms with Crippen LogP contribution in [-0.4, -0.2) is 18.5 Å². The number of benzene rings is 6. The molecule has 5 nitrogen and oxygen atoms in total. The first kappa shape index (κ1) is 35.8. The second-order valence-electron chi connectivity index (χ2n) is 13.3. The van der Waals surface area contributed by atoms with Gasteiger partial charge in [-0.3, -0.25) is 0 Å². The lowest BCUT2D eigenvalue weighted by Gasteiger charge is -2.39. The van der Waals surface area contributed by atoms with E-state index in [9.17, 15) is 0 Å². The topological polar surface area (TPSA) is 34.4 Å². The molecule has 266 valence electrons. The molecule has 0 spiro atoms. The Morgan fingerprint density at radius 3 is 1.32 bits per heavy atom. The molecule has 6 heteroatoms. The summed E-state index contributed by atoms with van der Waals surface area (Å²) >= 11 is 1.84. The van der Waals surface area contributed by atoms with Gasteiger partial charge in [0.2, 0.25) is 0 Å². The Morgan fingerprint density at radius 1 is 0.528 bits per heavy atom. The highest BCUT2D eigenvalue weighted by molar-refractivity contribution is 7.99. The number of para-hydroxylation sites is 4. The molecule has 1 aliphatic heterocycles. The van der Waals surface area contributed by atoms with Crippen LogP contribution >= 0.6 is 11.8 Å². The monoisotopic (exact) mass is 713 g/mol. The SMILES string of the molecule is CCCCCCC(CC)N1c2ccc(/C=N/N(c3ccccc3)c3ccccc3)cc2Sc2cc(/C=N/N(c3ccccc3)c3ccccc3)ccc21. The third kappa shape index (κ3) is 8.73. The Bertz CT molecular complexity index is 1880. The summed E-state index contributed by atoms with van der Waals surface area (Å²) in [5.41, 5.74) is 8.73. The number of hydrogen-bond acceptors (Lipinski definition) is 6. The van der Waals surface area contributed by atoms with E-state index in [1.54, 1.807) is 0 Å². The number of rotatable bonds is 15. The quantitative estimate of drug-likeness (QED) is 0.0603. The van der Waals surface area contributed by atoms with E-state index < -0.39 is 0 Å². The Hall–Kier alpha value is -5.59. The summed E-state index contributed by atoms with van der Waals surface area (Å²) in [4.78, 5) is 5.09. The van der Waals surface area contributed by atoms with E-state index in [-0.39, 0.29) is 0 Å². The normalized spacial score (nSPS) is 12.8. The minimum Gasteiger partial charge on any atom is -0.337 e. The van der Waals surface area contributed by atoms with Gasteiger partial charge in [0.15, 0.2) is 0 Å². The summed E-state index contributed by atoms with van der Waals surface area (Å²) in [5, 5.41) is 14.0. The van der Waals surface area contributed by atoms with Crippen molar-refractivity contribution in [2.24, 2.45) is 10.2 Å². The second kappa shape index (κ2) is 17.8. The van der Waals surface area contributed by atoms with E-state index in [1.165, 1.54) is 53.3 Å². The van der Waals surface area contributed by atoms with Crippen molar-refractivity contribution >= 4 is 58.3 Å². The number of anilines is 6. The highest BCUT2D eigenvalue weighted by Gasteiger charge is 2.29. The van der Waals surface area contributed by atoms with Crippen LogP contribution in [0.15, 0.2) is 178 Å². The van der Waals surface area contributed by atoms with Crippen LogP contribution in [0.2, 0.25) is 0 Å². The number of hydrogen-bond donors (Lipinski definition) is 0. The highest BCUT2D eigenvalue weighted by Crippen LogP contribution is 2.50. The lowest BCUT2D eigenvalue weighted by molar-refractivity contribution is 0.526. The van der Waals surface area contributed by atoms with Gasteiger partial charge < -0.3 is 4.90 Å². The second-order valence-corrected chi connectivity index (χ2v) is 14.4. The van der Waals surface area contributed by atoms with Crippen LogP contribution in [0.3, 0.4) is 0 Å². The highest BCUT2D eigenvalue weighted by atomic mass is 32.2. The zero-order valence-corrected chi connectivity index (χ0v) is 31.4.